The second-order valence-electron chi connectivity index (χ2n) is 6.73. The first-order chi connectivity index (χ1) is 13.1. The highest BCUT2D eigenvalue weighted by atomic mass is 16.5. The number of fused-ring (bicyclic) bond motifs is 1. The largest absolute Gasteiger partial charge is 0.467 e. The maximum atomic E-state index is 13.1. The van der Waals surface area contributed by atoms with E-state index in [0.29, 0.717) is 13.0 Å². The fraction of sp³-hybridized carbons (Fsp3) is 0.474. The van der Waals surface area contributed by atoms with E-state index in [2.05, 4.69) is 20.3 Å². The van der Waals surface area contributed by atoms with Crippen molar-refractivity contribution in [2.75, 3.05) is 13.7 Å². The number of nitrogens with zero attached hydrogens (tertiary/aromatic N) is 3. The Morgan fingerprint density at radius 2 is 2.15 bits per heavy atom. The average Bonchev–Trinajstić information content (AvgIpc) is 3.19. The number of carbonyl (C=O) groups is 2. The van der Waals surface area contributed by atoms with Gasteiger partial charge in [-0.15, -0.1) is 0 Å². The van der Waals surface area contributed by atoms with E-state index >= 15 is 0 Å². The molecule has 0 saturated carbocycles. The Kier molecular flexibility index (Phi) is 5.73. The van der Waals surface area contributed by atoms with E-state index < -0.39 is 12.0 Å². The minimum absolute atomic E-state index is 0.0356. The van der Waals surface area contributed by atoms with Gasteiger partial charge in [0.1, 0.15) is 12.1 Å². The Hall–Kier alpha value is -2.90. The smallest absolute Gasteiger partial charge is 0.328 e. The first-order valence-corrected chi connectivity index (χ1v) is 9.13. The van der Waals surface area contributed by atoms with Crippen LogP contribution in [0.3, 0.4) is 0 Å². The molecule has 2 amide bonds. The number of carbonyl (C=O) groups excluding carboxylic acids is 2. The second-order valence-corrected chi connectivity index (χ2v) is 6.73. The minimum Gasteiger partial charge on any atom is -0.467 e. The summed E-state index contributed by atoms with van der Waals surface area (Å²) >= 11 is 0. The molecule has 144 valence electrons. The topological polar surface area (TPSA) is 100 Å². The van der Waals surface area contributed by atoms with Crippen LogP contribution in [0.15, 0.2) is 30.9 Å². The number of pyridine rings is 1. The molecule has 27 heavy (non-hydrogen) atoms. The summed E-state index contributed by atoms with van der Waals surface area (Å²) in [7, 11) is 1.33. The van der Waals surface area contributed by atoms with E-state index in [1.165, 1.54) is 7.11 Å². The van der Waals surface area contributed by atoms with Crippen LogP contribution in [-0.4, -0.2) is 51.5 Å². The molecule has 1 aliphatic heterocycles. The molecule has 0 aliphatic carbocycles. The predicted molar refractivity (Wildman–Crippen MR) is 98.9 cm³/mol. The molecule has 3 heterocycles. The molecule has 2 aromatic rings. The van der Waals surface area contributed by atoms with Crippen molar-refractivity contribution in [3.63, 3.8) is 0 Å². The summed E-state index contributed by atoms with van der Waals surface area (Å²) in [5.74, 6) is -0.470. The minimum atomic E-state index is -0.689. The van der Waals surface area contributed by atoms with Gasteiger partial charge in [0, 0.05) is 31.1 Å². The van der Waals surface area contributed by atoms with Gasteiger partial charge in [0.15, 0.2) is 0 Å². The Balaban J connectivity index is 1.89. The molecule has 0 unspecified atom stereocenters. The van der Waals surface area contributed by atoms with Crippen LogP contribution >= 0.6 is 0 Å². The van der Waals surface area contributed by atoms with Gasteiger partial charge in [0.25, 0.3) is 0 Å². The van der Waals surface area contributed by atoms with E-state index in [-0.39, 0.29) is 18.0 Å². The third-order valence-electron chi connectivity index (χ3n) is 5.15. The molecule has 0 spiro atoms. The summed E-state index contributed by atoms with van der Waals surface area (Å²) in [4.78, 5) is 38.7. The monoisotopic (exact) mass is 371 g/mol. The van der Waals surface area contributed by atoms with E-state index in [1.54, 1.807) is 23.6 Å². The van der Waals surface area contributed by atoms with Gasteiger partial charge >= 0.3 is 12.0 Å². The summed E-state index contributed by atoms with van der Waals surface area (Å²) in [6, 6.07) is 2.42. The molecule has 0 radical (unpaired) electrons. The quantitative estimate of drug-likeness (QED) is 0.784. The van der Waals surface area contributed by atoms with Gasteiger partial charge in [-0.1, -0.05) is 20.3 Å². The van der Waals surface area contributed by atoms with E-state index in [4.69, 9.17) is 4.74 Å². The van der Waals surface area contributed by atoms with Gasteiger partial charge < -0.3 is 19.9 Å². The van der Waals surface area contributed by atoms with Gasteiger partial charge in [-0.05, 0) is 23.6 Å². The van der Waals surface area contributed by atoms with E-state index in [9.17, 15) is 9.59 Å². The zero-order valence-electron chi connectivity index (χ0n) is 15.8. The SMILES string of the molecule is CC[C@H](C)[C@H](NC(=O)N1CCc2[nH]cnc2[C@H]1c1ccncc1)C(=O)OC. The molecular formula is C19H25N5O3. The van der Waals surface area contributed by atoms with Crippen LogP contribution in [0.25, 0.3) is 0 Å². The Morgan fingerprint density at radius 1 is 1.41 bits per heavy atom. The van der Waals surface area contributed by atoms with Crippen molar-refractivity contribution in [2.45, 2.75) is 38.8 Å². The maximum absolute atomic E-state index is 13.1. The number of hydrogen-bond donors (Lipinski definition) is 2. The lowest BCUT2D eigenvalue weighted by Gasteiger charge is -2.36. The molecule has 2 N–H and O–H groups in total. The van der Waals surface area contributed by atoms with Crippen LogP contribution in [0.2, 0.25) is 0 Å². The van der Waals surface area contributed by atoms with Crippen molar-refractivity contribution in [1.29, 1.82) is 0 Å². The standard InChI is InChI=1S/C19H25N5O3/c1-4-12(2)15(18(25)27-3)23-19(26)24-10-7-14-16(22-11-21-14)17(24)13-5-8-20-9-6-13/h5-6,8-9,11-12,15,17H,4,7,10H2,1-3H3,(H,21,22)(H,23,26)/t12-,15-,17+/m0/s1. The number of esters is 1. The lowest BCUT2D eigenvalue weighted by atomic mass is 9.96. The number of urea groups is 1. The summed E-state index contributed by atoms with van der Waals surface area (Å²) in [5.41, 5.74) is 2.76. The number of ether oxygens (including phenoxy) is 1. The van der Waals surface area contributed by atoms with Gasteiger partial charge in [0.05, 0.1) is 19.1 Å². The van der Waals surface area contributed by atoms with Crippen molar-refractivity contribution in [2.24, 2.45) is 5.92 Å². The Morgan fingerprint density at radius 3 is 2.81 bits per heavy atom. The van der Waals surface area contributed by atoms with E-state index in [0.717, 1.165) is 23.4 Å². The Labute approximate surface area is 158 Å². The summed E-state index contributed by atoms with van der Waals surface area (Å²) in [6.07, 6.45) is 6.47. The first kappa shape index (κ1) is 18.9. The molecule has 3 rings (SSSR count). The highest BCUT2D eigenvalue weighted by Crippen LogP contribution is 2.33. The van der Waals surface area contributed by atoms with Gasteiger partial charge in [0.2, 0.25) is 0 Å². The fourth-order valence-corrected chi connectivity index (χ4v) is 3.39. The van der Waals surface area contributed by atoms with Crippen molar-refractivity contribution in [3.8, 4) is 0 Å². The molecule has 3 atom stereocenters. The normalized spacial score (nSPS) is 18.3. The van der Waals surface area contributed by atoms with Crippen LogP contribution in [-0.2, 0) is 16.0 Å². The Bertz CT molecular complexity index is 792. The van der Waals surface area contributed by atoms with Gasteiger partial charge in [-0.3, -0.25) is 4.98 Å². The molecule has 0 saturated heterocycles. The molecular weight excluding hydrogens is 346 g/mol. The number of hydrogen-bond acceptors (Lipinski definition) is 5. The van der Waals surface area contributed by atoms with Gasteiger partial charge in [-0.25, -0.2) is 14.6 Å². The van der Waals surface area contributed by atoms with Crippen molar-refractivity contribution in [3.05, 3.63) is 47.8 Å². The number of aromatic nitrogens is 3. The molecule has 2 aromatic heterocycles. The average molecular weight is 371 g/mol. The molecule has 8 heteroatoms. The number of imidazole rings is 1. The second kappa shape index (κ2) is 8.20. The molecule has 8 nitrogen and oxygen atoms in total. The first-order valence-electron chi connectivity index (χ1n) is 9.13. The van der Waals surface area contributed by atoms with Gasteiger partial charge in [-0.2, -0.15) is 0 Å². The fourth-order valence-electron chi connectivity index (χ4n) is 3.39. The number of amides is 2. The lowest BCUT2D eigenvalue weighted by Crippen LogP contribution is -2.53. The third-order valence-corrected chi connectivity index (χ3v) is 5.15. The highest BCUT2D eigenvalue weighted by molar-refractivity contribution is 5.84. The number of rotatable bonds is 5. The van der Waals surface area contributed by atoms with Crippen molar-refractivity contribution < 1.29 is 14.3 Å². The highest BCUT2D eigenvalue weighted by Gasteiger charge is 2.36. The van der Waals surface area contributed by atoms with E-state index in [1.807, 2.05) is 26.0 Å². The maximum Gasteiger partial charge on any atom is 0.328 e. The lowest BCUT2D eigenvalue weighted by molar-refractivity contribution is -0.144. The van der Waals surface area contributed by atoms with Crippen LogP contribution in [0, 0.1) is 5.92 Å². The molecule has 1 aliphatic rings. The molecule has 0 aromatic carbocycles. The number of nitrogens with one attached hydrogen (secondary N) is 2. The summed E-state index contributed by atoms with van der Waals surface area (Å²) < 4.78 is 4.88. The van der Waals surface area contributed by atoms with Crippen LogP contribution in [0.1, 0.15) is 43.3 Å². The van der Waals surface area contributed by atoms with Crippen molar-refractivity contribution in [1.82, 2.24) is 25.2 Å². The predicted octanol–water partition coefficient (Wildman–Crippen LogP) is 2.05. The number of H-pyrrole nitrogens is 1. The zero-order valence-corrected chi connectivity index (χ0v) is 15.8. The molecule has 0 fully saturated rings. The summed E-state index contributed by atoms with van der Waals surface area (Å²) in [6.45, 7) is 4.41. The number of methoxy groups -OCH3 is 1. The van der Waals surface area contributed by atoms with Crippen molar-refractivity contribution >= 4 is 12.0 Å². The van der Waals surface area contributed by atoms with Crippen LogP contribution < -0.4 is 5.32 Å². The molecule has 0 bridgehead atoms. The summed E-state index contributed by atoms with van der Waals surface area (Å²) in [5, 5.41) is 2.87. The van der Waals surface area contributed by atoms with Crippen LogP contribution in [0.5, 0.6) is 0 Å². The number of aromatic amines is 1. The zero-order chi connectivity index (χ0) is 19.4. The van der Waals surface area contributed by atoms with Crippen LogP contribution in [0.4, 0.5) is 4.79 Å². The third kappa shape index (κ3) is 3.79.